The lowest BCUT2D eigenvalue weighted by molar-refractivity contribution is 0.134. The van der Waals surface area contributed by atoms with Gasteiger partial charge in [0.25, 0.3) is 0 Å². The Labute approximate surface area is 64.6 Å². The highest BCUT2D eigenvalue weighted by molar-refractivity contribution is 5.68. The molecule has 0 saturated carbocycles. The molecule has 1 atom stereocenters. The molecule has 4 heteroatoms. The molecule has 1 heterocycles. The number of nitrogens with two attached hydrogens (primary N) is 1. The molecule has 3 N–H and O–H groups in total. The number of rotatable bonds is 0. The van der Waals surface area contributed by atoms with Crippen molar-refractivity contribution in [1.82, 2.24) is 4.90 Å². The predicted octanol–water partition coefficient (Wildman–Crippen LogP) is 0.725. The summed E-state index contributed by atoms with van der Waals surface area (Å²) in [4.78, 5) is 11.6. The third-order valence-electron chi connectivity index (χ3n) is 1.51. The fraction of sp³-hybridized carbons (Fsp3) is 0.286. The zero-order chi connectivity index (χ0) is 8.48. The van der Waals surface area contributed by atoms with Gasteiger partial charge in [-0.3, -0.25) is 4.90 Å². The fourth-order valence-electron chi connectivity index (χ4n) is 0.897. The van der Waals surface area contributed by atoms with Crippen LogP contribution < -0.4 is 5.73 Å². The Hall–Kier alpha value is -1.29. The topological polar surface area (TPSA) is 66.6 Å². The lowest BCUT2D eigenvalue weighted by Crippen LogP contribution is -2.52. The maximum atomic E-state index is 10.5. The van der Waals surface area contributed by atoms with E-state index in [0.717, 1.165) is 4.90 Å². The number of amides is 1. The smallest absolute Gasteiger partial charge is 0.413 e. The zero-order valence-electron chi connectivity index (χ0n) is 6.19. The van der Waals surface area contributed by atoms with Crippen molar-refractivity contribution in [3.63, 3.8) is 0 Å². The van der Waals surface area contributed by atoms with Crippen molar-refractivity contribution in [3.05, 3.63) is 24.4 Å². The largest absolute Gasteiger partial charge is 0.465 e. The van der Waals surface area contributed by atoms with E-state index in [2.05, 4.69) is 0 Å². The molecule has 0 bridgehead atoms. The summed E-state index contributed by atoms with van der Waals surface area (Å²) in [6, 6.07) is 0. The third kappa shape index (κ3) is 1.40. The molecule has 60 valence electrons. The van der Waals surface area contributed by atoms with Crippen LogP contribution in [0.5, 0.6) is 0 Å². The van der Waals surface area contributed by atoms with Crippen molar-refractivity contribution in [2.45, 2.75) is 12.6 Å². The quantitative estimate of drug-likeness (QED) is 0.540. The Balaban J connectivity index is 2.89. The van der Waals surface area contributed by atoms with Gasteiger partial charge in [0.1, 0.15) is 5.66 Å². The average molecular weight is 154 g/mol. The summed E-state index contributed by atoms with van der Waals surface area (Å²) in [6.07, 6.45) is 5.36. The lowest BCUT2D eigenvalue weighted by Gasteiger charge is -2.32. The van der Waals surface area contributed by atoms with Crippen molar-refractivity contribution in [2.75, 3.05) is 0 Å². The molecule has 4 nitrogen and oxygen atoms in total. The standard InChI is InChI=1S/C7H10N2O2/c1-7(8)4-2-3-5-9(7)6(10)11/h2-5H,8H2,1H3,(H,10,11). The van der Waals surface area contributed by atoms with E-state index >= 15 is 0 Å². The van der Waals surface area contributed by atoms with Crippen LogP contribution in [0, 0.1) is 0 Å². The first-order chi connectivity index (χ1) is 5.04. The Morgan fingerprint density at radius 2 is 2.27 bits per heavy atom. The van der Waals surface area contributed by atoms with Crippen LogP contribution >= 0.6 is 0 Å². The number of carboxylic acid groups (broad SMARTS) is 1. The number of carbonyl (C=O) groups is 1. The van der Waals surface area contributed by atoms with Gasteiger partial charge >= 0.3 is 6.09 Å². The summed E-state index contributed by atoms with van der Waals surface area (Å²) in [5, 5.41) is 8.63. The molecule has 1 aliphatic rings. The average Bonchev–Trinajstić information content (AvgIpc) is 1.85. The van der Waals surface area contributed by atoms with Crippen molar-refractivity contribution in [2.24, 2.45) is 5.73 Å². The molecule has 0 fully saturated rings. The SMILES string of the molecule is CC1(N)C=CC=CN1C(=O)O. The second-order valence-electron chi connectivity index (χ2n) is 2.58. The van der Waals surface area contributed by atoms with E-state index < -0.39 is 11.8 Å². The van der Waals surface area contributed by atoms with Crippen LogP contribution in [0.2, 0.25) is 0 Å². The van der Waals surface area contributed by atoms with Crippen LogP contribution in [0.4, 0.5) is 4.79 Å². The maximum absolute atomic E-state index is 10.5. The minimum atomic E-state index is -1.05. The molecule has 0 radical (unpaired) electrons. The van der Waals surface area contributed by atoms with Gasteiger partial charge in [-0.25, -0.2) is 4.79 Å². The number of hydrogen-bond acceptors (Lipinski definition) is 2. The first-order valence-electron chi connectivity index (χ1n) is 3.21. The molecular formula is C7H10N2O2. The number of allylic oxidation sites excluding steroid dienone is 2. The Bertz CT molecular complexity index is 231. The summed E-state index contributed by atoms with van der Waals surface area (Å²) in [5.74, 6) is 0. The summed E-state index contributed by atoms with van der Waals surface area (Å²) in [5.41, 5.74) is 4.71. The van der Waals surface area contributed by atoms with Gasteiger partial charge in [-0.1, -0.05) is 6.08 Å². The van der Waals surface area contributed by atoms with Gasteiger partial charge in [-0.2, -0.15) is 0 Å². The maximum Gasteiger partial charge on any atom is 0.413 e. The van der Waals surface area contributed by atoms with Crippen LogP contribution in [0.1, 0.15) is 6.92 Å². The van der Waals surface area contributed by atoms with Gasteiger partial charge < -0.3 is 10.8 Å². The van der Waals surface area contributed by atoms with Crippen LogP contribution in [-0.2, 0) is 0 Å². The monoisotopic (exact) mass is 154 g/mol. The molecule has 11 heavy (non-hydrogen) atoms. The highest BCUT2D eigenvalue weighted by Gasteiger charge is 2.28. The summed E-state index contributed by atoms with van der Waals surface area (Å²) >= 11 is 0. The van der Waals surface area contributed by atoms with Crippen LogP contribution in [0.15, 0.2) is 24.4 Å². The highest BCUT2D eigenvalue weighted by Crippen LogP contribution is 2.14. The van der Waals surface area contributed by atoms with Gasteiger partial charge in [0.05, 0.1) is 0 Å². The van der Waals surface area contributed by atoms with E-state index in [9.17, 15) is 4.79 Å². The Kier molecular flexibility index (Phi) is 1.70. The molecule has 0 aromatic carbocycles. The van der Waals surface area contributed by atoms with E-state index in [1.165, 1.54) is 6.20 Å². The van der Waals surface area contributed by atoms with E-state index in [0.29, 0.717) is 0 Å². The van der Waals surface area contributed by atoms with E-state index in [1.54, 1.807) is 25.2 Å². The molecule has 1 amide bonds. The Morgan fingerprint density at radius 3 is 2.64 bits per heavy atom. The van der Waals surface area contributed by atoms with Gasteiger partial charge in [0, 0.05) is 6.20 Å². The van der Waals surface area contributed by atoms with Crippen molar-refractivity contribution < 1.29 is 9.90 Å². The molecule has 0 aromatic rings. The van der Waals surface area contributed by atoms with Gasteiger partial charge in [0.15, 0.2) is 0 Å². The normalized spacial score (nSPS) is 29.1. The van der Waals surface area contributed by atoms with Gasteiger partial charge in [0.2, 0.25) is 0 Å². The molecule has 1 rings (SSSR count). The molecular weight excluding hydrogens is 144 g/mol. The second-order valence-corrected chi connectivity index (χ2v) is 2.58. The summed E-state index contributed by atoms with van der Waals surface area (Å²) in [6.45, 7) is 1.63. The zero-order valence-corrected chi connectivity index (χ0v) is 6.19. The third-order valence-corrected chi connectivity index (χ3v) is 1.51. The van der Waals surface area contributed by atoms with E-state index in [4.69, 9.17) is 10.8 Å². The number of nitrogens with zero attached hydrogens (tertiary/aromatic N) is 1. The summed E-state index contributed by atoms with van der Waals surface area (Å²) < 4.78 is 0. The minimum Gasteiger partial charge on any atom is -0.465 e. The minimum absolute atomic E-state index is 0.916. The van der Waals surface area contributed by atoms with Crippen LogP contribution in [-0.4, -0.2) is 21.8 Å². The molecule has 0 aliphatic carbocycles. The molecule has 0 spiro atoms. The lowest BCUT2D eigenvalue weighted by atomic mass is 10.1. The fourth-order valence-corrected chi connectivity index (χ4v) is 0.897. The van der Waals surface area contributed by atoms with Crippen molar-refractivity contribution >= 4 is 6.09 Å². The Morgan fingerprint density at radius 1 is 1.64 bits per heavy atom. The highest BCUT2D eigenvalue weighted by atomic mass is 16.4. The molecule has 0 aromatic heterocycles. The van der Waals surface area contributed by atoms with Crippen LogP contribution in [0.3, 0.4) is 0 Å². The van der Waals surface area contributed by atoms with Gasteiger partial charge in [-0.15, -0.1) is 0 Å². The first kappa shape index (κ1) is 7.81. The predicted molar refractivity (Wildman–Crippen MR) is 40.7 cm³/mol. The van der Waals surface area contributed by atoms with E-state index in [-0.39, 0.29) is 0 Å². The molecule has 0 saturated heterocycles. The molecule has 1 unspecified atom stereocenters. The van der Waals surface area contributed by atoms with Crippen molar-refractivity contribution in [3.8, 4) is 0 Å². The first-order valence-corrected chi connectivity index (χ1v) is 3.21. The van der Waals surface area contributed by atoms with Gasteiger partial charge in [-0.05, 0) is 19.1 Å². The van der Waals surface area contributed by atoms with E-state index in [1.807, 2.05) is 0 Å². The van der Waals surface area contributed by atoms with Crippen molar-refractivity contribution in [1.29, 1.82) is 0 Å². The summed E-state index contributed by atoms with van der Waals surface area (Å²) in [7, 11) is 0. The van der Waals surface area contributed by atoms with Crippen LogP contribution in [0.25, 0.3) is 0 Å². The molecule has 1 aliphatic heterocycles. The number of hydrogen-bond donors (Lipinski definition) is 2. The second kappa shape index (κ2) is 2.39.